The molecule has 1 heterocycles. The highest BCUT2D eigenvalue weighted by Gasteiger charge is 2.38. The van der Waals surface area contributed by atoms with Crippen LogP contribution in [0.5, 0.6) is 0 Å². The fourth-order valence-corrected chi connectivity index (χ4v) is 2.80. The van der Waals surface area contributed by atoms with Gasteiger partial charge >= 0.3 is 5.97 Å². The zero-order valence-corrected chi connectivity index (χ0v) is 9.50. The Morgan fingerprint density at radius 2 is 2.33 bits per heavy atom. The normalized spacial score (nSPS) is 25.3. The van der Waals surface area contributed by atoms with Gasteiger partial charge in [0, 0.05) is 11.8 Å². The number of likely N-dealkylation sites (tertiary alicyclic amines) is 1. The molecule has 0 aromatic carbocycles. The van der Waals surface area contributed by atoms with Crippen LogP contribution in [0.25, 0.3) is 0 Å². The first-order valence-electron chi connectivity index (χ1n) is 4.87. The van der Waals surface area contributed by atoms with Crippen LogP contribution in [0.4, 0.5) is 0 Å². The van der Waals surface area contributed by atoms with Crippen molar-refractivity contribution in [3.8, 4) is 0 Å². The second-order valence-corrected chi connectivity index (χ2v) is 4.94. The minimum absolute atomic E-state index is 0.236. The van der Waals surface area contributed by atoms with E-state index in [0.29, 0.717) is 13.0 Å². The summed E-state index contributed by atoms with van der Waals surface area (Å²) in [5.74, 6) is -0.279. The van der Waals surface area contributed by atoms with Gasteiger partial charge in [-0.3, -0.25) is 4.79 Å². The summed E-state index contributed by atoms with van der Waals surface area (Å²) >= 11 is 1.70. The molecule has 1 fully saturated rings. The lowest BCUT2D eigenvalue weighted by molar-refractivity contribution is -0.146. The molecule has 0 bridgehead atoms. The van der Waals surface area contributed by atoms with Crippen LogP contribution in [-0.2, 0) is 9.59 Å². The van der Waals surface area contributed by atoms with E-state index in [0.717, 1.165) is 5.75 Å². The van der Waals surface area contributed by atoms with Crippen LogP contribution in [0.3, 0.4) is 0 Å². The van der Waals surface area contributed by atoms with Gasteiger partial charge in [0.1, 0.15) is 6.04 Å². The van der Waals surface area contributed by atoms with Crippen molar-refractivity contribution in [2.45, 2.75) is 24.6 Å². The molecule has 1 rings (SSSR count). The van der Waals surface area contributed by atoms with E-state index in [1.54, 1.807) is 11.8 Å². The summed E-state index contributed by atoms with van der Waals surface area (Å²) in [6.45, 7) is 5.92. The molecule has 1 aliphatic heterocycles. The van der Waals surface area contributed by atoms with Crippen LogP contribution in [-0.4, -0.2) is 45.5 Å². The molecule has 0 aromatic rings. The second kappa shape index (κ2) is 5.21. The van der Waals surface area contributed by atoms with Gasteiger partial charge in [-0.15, -0.1) is 0 Å². The van der Waals surface area contributed by atoms with Crippen molar-refractivity contribution >= 4 is 23.6 Å². The molecule has 2 atom stereocenters. The van der Waals surface area contributed by atoms with E-state index in [2.05, 4.69) is 6.58 Å². The number of hydrogen-bond acceptors (Lipinski definition) is 3. The number of rotatable bonds is 4. The van der Waals surface area contributed by atoms with Gasteiger partial charge in [0.05, 0.1) is 0 Å². The van der Waals surface area contributed by atoms with Gasteiger partial charge in [0.15, 0.2) is 0 Å². The van der Waals surface area contributed by atoms with E-state index in [4.69, 9.17) is 5.11 Å². The Morgan fingerprint density at radius 1 is 1.67 bits per heavy atom. The molecule has 84 valence electrons. The highest BCUT2D eigenvalue weighted by Crippen LogP contribution is 2.27. The predicted octanol–water partition coefficient (Wildman–Crippen LogP) is 0.980. The lowest BCUT2D eigenvalue weighted by Crippen LogP contribution is -2.39. The van der Waals surface area contributed by atoms with Gasteiger partial charge < -0.3 is 10.0 Å². The minimum Gasteiger partial charge on any atom is -0.480 e. The Kier molecular flexibility index (Phi) is 4.20. The molecule has 15 heavy (non-hydrogen) atoms. The molecule has 5 heteroatoms. The minimum atomic E-state index is -0.926. The van der Waals surface area contributed by atoms with Crippen LogP contribution in [0.15, 0.2) is 12.7 Å². The van der Waals surface area contributed by atoms with Crippen LogP contribution < -0.4 is 0 Å². The number of carboxylic acids is 1. The van der Waals surface area contributed by atoms with Gasteiger partial charge in [-0.1, -0.05) is 13.5 Å². The fourth-order valence-electron chi connectivity index (χ4n) is 1.75. The lowest BCUT2D eigenvalue weighted by Gasteiger charge is -2.19. The average Bonchev–Trinajstić information content (AvgIpc) is 2.61. The SMILES string of the molecule is C=CC(=O)N1CC(SCC)CC1C(=O)O. The first-order chi connectivity index (χ1) is 7.10. The van der Waals surface area contributed by atoms with E-state index in [1.165, 1.54) is 11.0 Å². The van der Waals surface area contributed by atoms with Crippen molar-refractivity contribution in [3.63, 3.8) is 0 Å². The first kappa shape index (κ1) is 12.1. The molecule has 1 N–H and O–H groups in total. The summed E-state index contributed by atoms with van der Waals surface area (Å²) in [5.41, 5.74) is 0. The Balaban J connectivity index is 2.71. The van der Waals surface area contributed by atoms with Crippen molar-refractivity contribution in [1.29, 1.82) is 0 Å². The number of carbonyl (C=O) groups is 2. The van der Waals surface area contributed by atoms with E-state index >= 15 is 0 Å². The summed E-state index contributed by atoms with van der Waals surface area (Å²) in [5, 5.41) is 9.21. The summed E-state index contributed by atoms with van der Waals surface area (Å²) in [6, 6.07) is -0.681. The summed E-state index contributed by atoms with van der Waals surface area (Å²) < 4.78 is 0. The highest BCUT2D eigenvalue weighted by atomic mass is 32.2. The third-order valence-corrected chi connectivity index (χ3v) is 3.55. The number of carbonyl (C=O) groups excluding carboxylic acids is 1. The maximum absolute atomic E-state index is 11.4. The first-order valence-corrected chi connectivity index (χ1v) is 5.92. The molecule has 0 radical (unpaired) electrons. The van der Waals surface area contributed by atoms with Crippen molar-refractivity contribution in [2.75, 3.05) is 12.3 Å². The monoisotopic (exact) mass is 229 g/mol. The second-order valence-electron chi connectivity index (χ2n) is 3.36. The summed E-state index contributed by atoms with van der Waals surface area (Å²) in [6.07, 6.45) is 1.71. The maximum Gasteiger partial charge on any atom is 0.326 e. The van der Waals surface area contributed by atoms with Crippen molar-refractivity contribution in [3.05, 3.63) is 12.7 Å². The average molecular weight is 229 g/mol. The highest BCUT2D eigenvalue weighted by molar-refractivity contribution is 7.99. The summed E-state index contributed by atoms with van der Waals surface area (Å²) in [4.78, 5) is 23.8. The Morgan fingerprint density at radius 3 is 2.80 bits per heavy atom. The van der Waals surface area contributed by atoms with E-state index in [9.17, 15) is 9.59 Å². The van der Waals surface area contributed by atoms with Crippen LogP contribution >= 0.6 is 11.8 Å². The molecule has 0 spiro atoms. The van der Waals surface area contributed by atoms with Crippen molar-refractivity contribution in [1.82, 2.24) is 4.90 Å². The molecular formula is C10H15NO3S. The number of hydrogen-bond donors (Lipinski definition) is 1. The van der Waals surface area contributed by atoms with Gasteiger partial charge in [-0.05, 0) is 18.2 Å². The Hall–Kier alpha value is -0.970. The van der Waals surface area contributed by atoms with E-state index < -0.39 is 12.0 Å². The number of aliphatic carboxylic acids is 1. The lowest BCUT2D eigenvalue weighted by atomic mass is 10.2. The molecular weight excluding hydrogens is 214 g/mol. The molecule has 2 unspecified atom stereocenters. The third-order valence-electron chi connectivity index (χ3n) is 2.41. The molecule has 1 aliphatic rings. The summed E-state index contributed by atoms with van der Waals surface area (Å²) in [7, 11) is 0. The predicted molar refractivity (Wildman–Crippen MR) is 59.9 cm³/mol. The Bertz CT molecular complexity index is 280. The molecule has 0 aliphatic carbocycles. The van der Waals surface area contributed by atoms with Crippen LogP contribution in [0.1, 0.15) is 13.3 Å². The number of amides is 1. The van der Waals surface area contributed by atoms with E-state index in [1.807, 2.05) is 6.92 Å². The largest absolute Gasteiger partial charge is 0.480 e. The number of carboxylic acid groups (broad SMARTS) is 1. The maximum atomic E-state index is 11.4. The number of nitrogens with zero attached hydrogens (tertiary/aromatic N) is 1. The van der Waals surface area contributed by atoms with E-state index in [-0.39, 0.29) is 11.2 Å². The van der Waals surface area contributed by atoms with Gasteiger partial charge in [0.25, 0.3) is 0 Å². The number of thioether (sulfide) groups is 1. The quantitative estimate of drug-likeness (QED) is 0.730. The molecule has 4 nitrogen and oxygen atoms in total. The standard InChI is InChI=1S/C10H15NO3S/c1-3-9(12)11-6-7(15-4-2)5-8(11)10(13)14/h3,7-8H,1,4-6H2,2H3,(H,13,14). The van der Waals surface area contributed by atoms with Crippen LogP contribution in [0.2, 0.25) is 0 Å². The van der Waals surface area contributed by atoms with Gasteiger partial charge in [0.2, 0.25) is 5.91 Å². The smallest absolute Gasteiger partial charge is 0.326 e. The van der Waals surface area contributed by atoms with Crippen molar-refractivity contribution < 1.29 is 14.7 Å². The molecule has 1 saturated heterocycles. The van der Waals surface area contributed by atoms with Gasteiger partial charge in [-0.25, -0.2) is 4.79 Å². The van der Waals surface area contributed by atoms with Crippen LogP contribution in [0, 0.1) is 0 Å². The molecule has 0 aromatic heterocycles. The molecule has 0 saturated carbocycles. The zero-order valence-electron chi connectivity index (χ0n) is 8.68. The van der Waals surface area contributed by atoms with Gasteiger partial charge in [-0.2, -0.15) is 11.8 Å². The Labute approximate surface area is 93.3 Å². The zero-order chi connectivity index (χ0) is 11.4. The molecule has 1 amide bonds. The topological polar surface area (TPSA) is 57.6 Å². The van der Waals surface area contributed by atoms with Crippen molar-refractivity contribution in [2.24, 2.45) is 0 Å². The fraction of sp³-hybridized carbons (Fsp3) is 0.600. The third kappa shape index (κ3) is 2.75.